The molecule has 0 bridgehead atoms. The topological polar surface area (TPSA) is 8.17 Å². The molecular weight excluding hydrogens is 749 g/mol. The molecule has 62 heavy (non-hydrogen) atoms. The second-order valence-electron chi connectivity index (χ2n) is 15.7. The summed E-state index contributed by atoms with van der Waals surface area (Å²) in [5, 5.41) is 2.50. The standard InChI is InChI=1S/C60H42N2/c1-4-15-43(16-5-1)45-29-31-46(32-30-45)48-35-39-54(40-36-48)61(53-37-33-47(34-38-53)44-17-6-2-7-18-44)55-24-13-20-50(42-55)49-19-12-21-51(41-49)56-26-14-28-59-60(56)57-25-10-11-27-58(57)62(59)52-22-8-3-9-23-52/h1-42H/i1D. The minimum atomic E-state index is 0.520. The van der Waals surface area contributed by atoms with E-state index in [1.165, 1.54) is 44.1 Å². The van der Waals surface area contributed by atoms with Gasteiger partial charge in [0, 0.05) is 33.5 Å². The fourth-order valence-electron chi connectivity index (χ4n) is 8.92. The maximum absolute atomic E-state index is 7.85. The van der Waals surface area contributed by atoms with Gasteiger partial charge in [-0.3, -0.25) is 0 Å². The van der Waals surface area contributed by atoms with Gasteiger partial charge in [0.15, 0.2) is 0 Å². The number of benzene rings is 10. The zero-order valence-electron chi connectivity index (χ0n) is 35.1. The lowest BCUT2D eigenvalue weighted by atomic mass is 9.95. The van der Waals surface area contributed by atoms with Crippen molar-refractivity contribution in [2.24, 2.45) is 0 Å². The van der Waals surface area contributed by atoms with Gasteiger partial charge >= 0.3 is 0 Å². The molecule has 2 nitrogen and oxygen atoms in total. The Bertz CT molecular complexity index is 3350. The van der Waals surface area contributed by atoms with E-state index in [1.807, 2.05) is 24.3 Å². The Morgan fingerprint density at radius 1 is 0.306 bits per heavy atom. The maximum atomic E-state index is 7.85. The summed E-state index contributed by atoms with van der Waals surface area (Å²) in [6.07, 6.45) is 0. The van der Waals surface area contributed by atoms with Crippen molar-refractivity contribution in [1.29, 1.82) is 0 Å². The average Bonchev–Trinajstić information content (AvgIpc) is 3.70. The first-order chi connectivity index (χ1) is 31.1. The third kappa shape index (κ3) is 6.94. The molecule has 0 saturated heterocycles. The van der Waals surface area contributed by atoms with Crippen molar-refractivity contribution in [1.82, 2.24) is 4.57 Å². The quantitative estimate of drug-likeness (QED) is 0.141. The molecule has 11 rings (SSSR count). The predicted molar refractivity (Wildman–Crippen MR) is 263 cm³/mol. The highest BCUT2D eigenvalue weighted by molar-refractivity contribution is 6.15. The Kier molecular flexibility index (Phi) is 9.28. The molecule has 0 fully saturated rings. The summed E-state index contributed by atoms with van der Waals surface area (Å²) < 4.78 is 10.2. The monoisotopic (exact) mass is 791 g/mol. The smallest absolute Gasteiger partial charge is 0.0623 e. The number of nitrogens with zero attached hydrogens (tertiary/aromatic N) is 2. The van der Waals surface area contributed by atoms with Gasteiger partial charge in [-0.05, 0) is 122 Å². The van der Waals surface area contributed by atoms with Crippen LogP contribution in [0.5, 0.6) is 0 Å². The van der Waals surface area contributed by atoms with E-state index >= 15 is 0 Å². The third-order valence-electron chi connectivity index (χ3n) is 12.0. The van der Waals surface area contributed by atoms with Crippen LogP contribution in [-0.4, -0.2) is 4.57 Å². The van der Waals surface area contributed by atoms with Crippen LogP contribution in [0.2, 0.25) is 0 Å². The normalized spacial score (nSPS) is 11.5. The Labute approximate surface area is 364 Å². The zero-order chi connectivity index (χ0) is 42.1. The van der Waals surface area contributed by atoms with Gasteiger partial charge in [-0.2, -0.15) is 0 Å². The Balaban J connectivity index is 0.970. The molecule has 11 aromatic rings. The average molecular weight is 792 g/mol. The number of para-hydroxylation sites is 2. The van der Waals surface area contributed by atoms with Gasteiger partial charge in [0.2, 0.25) is 0 Å². The molecule has 0 atom stereocenters. The third-order valence-corrected chi connectivity index (χ3v) is 12.0. The molecule has 0 saturated carbocycles. The van der Waals surface area contributed by atoms with Crippen molar-refractivity contribution >= 4 is 38.9 Å². The van der Waals surface area contributed by atoms with E-state index in [4.69, 9.17) is 1.37 Å². The molecule has 0 radical (unpaired) electrons. The van der Waals surface area contributed by atoms with Crippen molar-refractivity contribution in [2.45, 2.75) is 0 Å². The van der Waals surface area contributed by atoms with Gasteiger partial charge in [-0.25, -0.2) is 0 Å². The first kappa shape index (κ1) is 35.7. The highest BCUT2D eigenvalue weighted by Crippen LogP contribution is 2.41. The van der Waals surface area contributed by atoms with E-state index in [-0.39, 0.29) is 0 Å². The van der Waals surface area contributed by atoms with Crippen molar-refractivity contribution < 1.29 is 1.37 Å². The Hall–Kier alpha value is -8.20. The molecule has 1 heterocycles. The lowest BCUT2D eigenvalue weighted by molar-refractivity contribution is 1.18. The van der Waals surface area contributed by atoms with Crippen LogP contribution >= 0.6 is 0 Å². The van der Waals surface area contributed by atoms with Gasteiger partial charge in [0.05, 0.1) is 12.4 Å². The Morgan fingerprint density at radius 2 is 0.758 bits per heavy atom. The summed E-state index contributed by atoms with van der Waals surface area (Å²) >= 11 is 0. The van der Waals surface area contributed by atoms with E-state index in [1.54, 1.807) is 0 Å². The number of anilines is 3. The van der Waals surface area contributed by atoms with Gasteiger partial charge in [-0.15, -0.1) is 0 Å². The van der Waals surface area contributed by atoms with E-state index < -0.39 is 0 Å². The first-order valence-corrected chi connectivity index (χ1v) is 21.2. The molecule has 1 aromatic heterocycles. The molecule has 0 aliphatic heterocycles. The van der Waals surface area contributed by atoms with Crippen molar-refractivity contribution in [3.05, 3.63) is 255 Å². The highest BCUT2D eigenvalue weighted by Gasteiger charge is 2.18. The van der Waals surface area contributed by atoms with E-state index in [0.29, 0.717) is 6.04 Å². The molecule has 10 aromatic carbocycles. The maximum Gasteiger partial charge on any atom is 0.0623 e. The SMILES string of the molecule is [2H]c1ccc(-c2ccc(-c3ccc(N(c4ccc(-c5ccccc5)cc4)c4cccc(-c5cccc(-c6cccc7c6c6ccccc6n7-c6ccccc6)c5)c4)cc3)cc2)cc1. The second-order valence-corrected chi connectivity index (χ2v) is 15.7. The fourth-order valence-corrected chi connectivity index (χ4v) is 8.92. The van der Waals surface area contributed by atoms with Crippen LogP contribution in [0.1, 0.15) is 1.37 Å². The number of aromatic nitrogens is 1. The van der Waals surface area contributed by atoms with Gasteiger partial charge in [0.1, 0.15) is 0 Å². The van der Waals surface area contributed by atoms with E-state index in [2.05, 4.69) is 234 Å². The van der Waals surface area contributed by atoms with Crippen LogP contribution in [0.25, 0.3) is 83.1 Å². The molecule has 2 heteroatoms. The first-order valence-electron chi connectivity index (χ1n) is 21.7. The van der Waals surface area contributed by atoms with Gasteiger partial charge < -0.3 is 9.47 Å². The zero-order valence-corrected chi connectivity index (χ0v) is 34.1. The number of fused-ring (bicyclic) bond motifs is 3. The minimum absolute atomic E-state index is 0.520. The molecule has 0 aliphatic carbocycles. The second kappa shape index (κ2) is 16.1. The minimum Gasteiger partial charge on any atom is -0.310 e. The lowest BCUT2D eigenvalue weighted by Gasteiger charge is -2.26. The van der Waals surface area contributed by atoms with Crippen LogP contribution in [0, 0.1) is 0 Å². The van der Waals surface area contributed by atoms with Crippen LogP contribution in [0.4, 0.5) is 17.1 Å². The van der Waals surface area contributed by atoms with Crippen molar-refractivity contribution in [2.75, 3.05) is 4.90 Å². The summed E-state index contributed by atoms with van der Waals surface area (Å²) in [5.41, 5.74) is 18.4. The van der Waals surface area contributed by atoms with Crippen LogP contribution in [0.15, 0.2) is 255 Å². The summed E-state index contributed by atoms with van der Waals surface area (Å²) in [7, 11) is 0. The van der Waals surface area contributed by atoms with Crippen LogP contribution in [0.3, 0.4) is 0 Å². The molecule has 0 amide bonds. The van der Waals surface area contributed by atoms with Crippen LogP contribution < -0.4 is 4.90 Å². The molecule has 0 aliphatic rings. The van der Waals surface area contributed by atoms with E-state index in [9.17, 15) is 0 Å². The number of hydrogen-bond acceptors (Lipinski definition) is 1. The lowest BCUT2D eigenvalue weighted by Crippen LogP contribution is -2.10. The van der Waals surface area contributed by atoms with Gasteiger partial charge in [0.25, 0.3) is 0 Å². The van der Waals surface area contributed by atoms with Crippen molar-refractivity contribution in [3.8, 4) is 61.3 Å². The molecule has 292 valence electrons. The van der Waals surface area contributed by atoms with Gasteiger partial charge in [-0.1, -0.05) is 188 Å². The molecular formula is C60H42N2. The fraction of sp³-hybridized carbons (Fsp3) is 0. The summed E-state index contributed by atoms with van der Waals surface area (Å²) in [4.78, 5) is 2.35. The predicted octanol–water partition coefficient (Wildman–Crippen LogP) is 16.6. The highest BCUT2D eigenvalue weighted by atomic mass is 15.1. The van der Waals surface area contributed by atoms with Crippen LogP contribution in [-0.2, 0) is 0 Å². The summed E-state index contributed by atoms with van der Waals surface area (Å²) in [5.74, 6) is 0. The summed E-state index contributed by atoms with van der Waals surface area (Å²) in [6, 6.07) is 89.2. The van der Waals surface area contributed by atoms with E-state index in [0.717, 1.165) is 56.1 Å². The van der Waals surface area contributed by atoms with Crippen molar-refractivity contribution in [3.63, 3.8) is 0 Å². The summed E-state index contributed by atoms with van der Waals surface area (Å²) in [6.45, 7) is 0. The molecule has 0 spiro atoms. The number of hydrogen-bond donors (Lipinski definition) is 0. The Morgan fingerprint density at radius 3 is 1.40 bits per heavy atom. The largest absolute Gasteiger partial charge is 0.310 e. The number of rotatable bonds is 9. The molecule has 0 unspecified atom stereocenters. The molecule has 0 N–H and O–H groups in total.